The standard InChI is InChI=1S/C21H18O12/c22-5-13-16(26)17(27)18(28)21(33-13)30-6-1-10(25)15-12(2-6)32-20(29)14-7-3-8(23)9(24)4-11(7)31-19(14)15/h1-4,13,16-18,21-28H,5H2/t13-,16-,17+,18-,21+/m1/s1. The lowest BCUT2D eigenvalue weighted by Crippen LogP contribution is -2.60. The summed E-state index contributed by atoms with van der Waals surface area (Å²) in [4.78, 5) is 12.6. The summed E-state index contributed by atoms with van der Waals surface area (Å²) in [6, 6.07) is 4.57. The van der Waals surface area contributed by atoms with Crippen LogP contribution in [0.2, 0.25) is 0 Å². The van der Waals surface area contributed by atoms with E-state index in [1.165, 1.54) is 6.07 Å². The molecule has 12 heteroatoms. The van der Waals surface area contributed by atoms with Crippen molar-refractivity contribution in [1.82, 2.24) is 0 Å². The lowest BCUT2D eigenvalue weighted by molar-refractivity contribution is -0.277. The molecule has 0 amide bonds. The Balaban J connectivity index is 1.61. The minimum atomic E-state index is -1.69. The molecule has 0 bridgehead atoms. The van der Waals surface area contributed by atoms with Gasteiger partial charge in [0.15, 0.2) is 17.1 Å². The summed E-state index contributed by atoms with van der Waals surface area (Å²) < 4.78 is 21.7. The number of furan rings is 1. The number of aliphatic hydroxyl groups excluding tert-OH is 4. The number of hydrogen-bond acceptors (Lipinski definition) is 12. The molecule has 0 saturated carbocycles. The molecule has 1 saturated heterocycles. The van der Waals surface area contributed by atoms with Gasteiger partial charge in [-0.05, 0) is 6.07 Å². The summed E-state index contributed by atoms with van der Waals surface area (Å²) in [7, 11) is 0. The monoisotopic (exact) mass is 462 g/mol. The highest BCUT2D eigenvalue weighted by Crippen LogP contribution is 2.41. The van der Waals surface area contributed by atoms with Gasteiger partial charge in [0.2, 0.25) is 6.29 Å². The van der Waals surface area contributed by atoms with Crippen molar-refractivity contribution in [2.75, 3.05) is 6.61 Å². The first-order valence-corrected chi connectivity index (χ1v) is 9.74. The SMILES string of the molecule is O=c1oc2cc(O[C@H]3O[C@H](CO)[C@@H](O)[C@H](O)[C@H]3O)cc(O)c2c2oc3cc(O)c(O)cc3c12. The number of aliphatic hydroxyl groups is 4. The minimum absolute atomic E-state index is 0.000863. The number of ether oxygens (including phenoxy) is 2. The molecule has 1 fully saturated rings. The van der Waals surface area contributed by atoms with E-state index in [4.69, 9.17) is 18.3 Å². The van der Waals surface area contributed by atoms with Gasteiger partial charge in [0, 0.05) is 23.6 Å². The molecule has 1 aliphatic heterocycles. The summed E-state index contributed by atoms with van der Waals surface area (Å²) in [5.74, 6) is -1.50. The second-order valence-electron chi connectivity index (χ2n) is 7.66. The van der Waals surface area contributed by atoms with E-state index < -0.39 is 60.2 Å². The molecule has 4 aromatic rings. The normalized spacial score (nSPS) is 25.8. The van der Waals surface area contributed by atoms with Crippen molar-refractivity contribution in [3.8, 4) is 23.0 Å². The molecule has 7 N–H and O–H groups in total. The van der Waals surface area contributed by atoms with Gasteiger partial charge < -0.3 is 54.1 Å². The van der Waals surface area contributed by atoms with E-state index in [9.17, 15) is 40.5 Å². The average Bonchev–Trinajstić information content (AvgIpc) is 3.12. The predicted octanol–water partition coefficient (Wildman–Crippen LogP) is -0.0121. The third-order valence-electron chi connectivity index (χ3n) is 5.57. The predicted molar refractivity (Wildman–Crippen MR) is 109 cm³/mol. The summed E-state index contributed by atoms with van der Waals surface area (Å²) in [6.45, 7) is -0.655. The maximum absolute atomic E-state index is 12.6. The number of fused-ring (bicyclic) bond motifs is 5. The Bertz CT molecular complexity index is 1430. The number of hydrogen-bond donors (Lipinski definition) is 7. The van der Waals surface area contributed by atoms with Gasteiger partial charge in [-0.15, -0.1) is 0 Å². The van der Waals surface area contributed by atoms with E-state index in [0.29, 0.717) is 0 Å². The highest BCUT2D eigenvalue weighted by atomic mass is 16.7. The van der Waals surface area contributed by atoms with Gasteiger partial charge in [-0.25, -0.2) is 4.79 Å². The quantitative estimate of drug-likeness (QED) is 0.159. The maximum Gasteiger partial charge on any atom is 0.348 e. The van der Waals surface area contributed by atoms with Crippen molar-refractivity contribution in [2.45, 2.75) is 30.7 Å². The molecule has 5 rings (SSSR count). The summed E-state index contributed by atoms with van der Waals surface area (Å²) in [5.41, 5.74) is -0.996. The maximum atomic E-state index is 12.6. The van der Waals surface area contributed by atoms with Crippen molar-refractivity contribution < 1.29 is 54.1 Å². The number of phenols is 3. The van der Waals surface area contributed by atoms with Crippen molar-refractivity contribution in [1.29, 1.82) is 0 Å². The van der Waals surface area contributed by atoms with Crippen LogP contribution in [0.1, 0.15) is 0 Å². The van der Waals surface area contributed by atoms with Gasteiger partial charge in [0.25, 0.3) is 0 Å². The zero-order valence-corrected chi connectivity index (χ0v) is 16.6. The van der Waals surface area contributed by atoms with Crippen LogP contribution in [0.25, 0.3) is 32.9 Å². The molecular weight excluding hydrogens is 444 g/mol. The van der Waals surface area contributed by atoms with E-state index in [1.807, 2.05) is 0 Å². The molecule has 0 aliphatic carbocycles. The Morgan fingerprint density at radius 3 is 2.27 bits per heavy atom. The van der Waals surface area contributed by atoms with E-state index in [0.717, 1.165) is 18.2 Å². The smallest absolute Gasteiger partial charge is 0.348 e. The van der Waals surface area contributed by atoms with Crippen LogP contribution in [0.5, 0.6) is 23.0 Å². The van der Waals surface area contributed by atoms with Crippen molar-refractivity contribution in [3.05, 3.63) is 34.7 Å². The topological polar surface area (TPSA) is 203 Å². The van der Waals surface area contributed by atoms with Gasteiger partial charge >= 0.3 is 5.63 Å². The molecular formula is C21H18O12. The van der Waals surface area contributed by atoms with E-state index >= 15 is 0 Å². The molecule has 2 aromatic heterocycles. The molecule has 3 heterocycles. The number of phenolic OH excluding ortho intramolecular Hbond substituents is 3. The van der Waals surface area contributed by atoms with Gasteiger partial charge in [0.1, 0.15) is 57.9 Å². The van der Waals surface area contributed by atoms with Crippen molar-refractivity contribution in [2.24, 2.45) is 0 Å². The number of aromatic hydroxyl groups is 3. The lowest BCUT2D eigenvalue weighted by Gasteiger charge is -2.39. The Kier molecular flexibility index (Phi) is 4.84. The first-order valence-electron chi connectivity index (χ1n) is 9.74. The van der Waals surface area contributed by atoms with E-state index in [2.05, 4.69) is 0 Å². The Hall–Kier alpha value is -3.55. The zero-order chi connectivity index (χ0) is 23.6. The molecule has 12 nitrogen and oxygen atoms in total. The van der Waals surface area contributed by atoms with Crippen molar-refractivity contribution >= 4 is 32.9 Å². The number of benzene rings is 2. The van der Waals surface area contributed by atoms with Gasteiger partial charge in [-0.1, -0.05) is 0 Å². The molecule has 0 spiro atoms. The summed E-state index contributed by atoms with van der Waals surface area (Å²) >= 11 is 0. The molecule has 174 valence electrons. The molecule has 2 aromatic carbocycles. The van der Waals surface area contributed by atoms with Crippen LogP contribution >= 0.6 is 0 Å². The third kappa shape index (κ3) is 3.23. The summed E-state index contributed by atoms with van der Waals surface area (Å²) in [6.07, 6.45) is -7.66. The fourth-order valence-electron chi connectivity index (χ4n) is 3.90. The van der Waals surface area contributed by atoms with Gasteiger partial charge in [-0.2, -0.15) is 0 Å². The third-order valence-corrected chi connectivity index (χ3v) is 5.57. The molecule has 5 atom stereocenters. The molecule has 0 radical (unpaired) electrons. The fourth-order valence-corrected chi connectivity index (χ4v) is 3.90. The van der Waals surface area contributed by atoms with Crippen LogP contribution in [-0.4, -0.2) is 73.1 Å². The minimum Gasteiger partial charge on any atom is -0.507 e. The second kappa shape index (κ2) is 7.50. The number of rotatable bonds is 3. The Morgan fingerprint density at radius 1 is 0.818 bits per heavy atom. The average molecular weight is 462 g/mol. The van der Waals surface area contributed by atoms with Crippen LogP contribution in [0.3, 0.4) is 0 Å². The van der Waals surface area contributed by atoms with E-state index in [1.54, 1.807) is 0 Å². The second-order valence-corrected chi connectivity index (χ2v) is 7.66. The first kappa shape index (κ1) is 21.3. The van der Waals surface area contributed by atoms with Crippen molar-refractivity contribution in [3.63, 3.8) is 0 Å². The highest BCUT2D eigenvalue weighted by molar-refractivity contribution is 6.15. The first-order chi connectivity index (χ1) is 15.7. The van der Waals surface area contributed by atoms with Crippen LogP contribution in [0.15, 0.2) is 37.9 Å². The van der Waals surface area contributed by atoms with Crippen LogP contribution < -0.4 is 10.4 Å². The Morgan fingerprint density at radius 2 is 1.55 bits per heavy atom. The molecule has 33 heavy (non-hydrogen) atoms. The van der Waals surface area contributed by atoms with Crippen LogP contribution in [0, 0.1) is 0 Å². The fraction of sp³-hybridized carbons (Fsp3) is 0.286. The van der Waals surface area contributed by atoms with Gasteiger partial charge in [0.05, 0.1) is 6.61 Å². The van der Waals surface area contributed by atoms with Gasteiger partial charge in [-0.3, -0.25) is 0 Å². The molecule has 0 unspecified atom stereocenters. The summed E-state index contributed by atoms with van der Waals surface area (Å²) in [5, 5.41) is 69.4. The highest BCUT2D eigenvalue weighted by Gasteiger charge is 2.44. The largest absolute Gasteiger partial charge is 0.507 e. The molecule has 1 aliphatic rings. The lowest BCUT2D eigenvalue weighted by atomic mass is 9.99. The van der Waals surface area contributed by atoms with Crippen LogP contribution in [-0.2, 0) is 4.74 Å². The van der Waals surface area contributed by atoms with Crippen LogP contribution in [0.4, 0.5) is 0 Å². The zero-order valence-electron chi connectivity index (χ0n) is 16.6. The Labute approximate surface area is 182 Å². The van der Waals surface area contributed by atoms with E-state index in [-0.39, 0.29) is 38.7 Å².